The van der Waals surface area contributed by atoms with Gasteiger partial charge < -0.3 is 0 Å². The Morgan fingerprint density at radius 1 is 0.394 bits per heavy atom. The summed E-state index contributed by atoms with van der Waals surface area (Å²) in [5.41, 5.74) is 13.8. The zero-order valence-electron chi connectivity index (χ0n) is 20.8. The molecule has 0 aliphatic carbocycles. The fourth-order valence-electron chi connectivity index (χ4n) is 4.99. The smallest absolute Gasteiger partial charge is 0.133 e. The molecule has 2 heteroatoms. The third kappa shape index (κ3) is 6.38. The van der Waals surface area contributed by atoms with Crippen molar-refractivity contribution in [3.8, 4) is 0 Å². The van der Waals surface area contributed by atoms with Crippen LogP contribution in [0.4, 0.5) is 0 Å². The molecular weight excluding hydrogens is 400 g/mol. The van der Waals surface area contributed by atoms with E-state index in [1.54, 1.807) is 0 Å². The molecule has 1 aromatic heterocycles. The van der Waals surface area contributed by atoms with E-state index in [0.29, 0.717) is 0 Å². The Kier molecular flexibility index (Phi) is 6.74. The second kappa shape index (κ2) is 9.70. The summed E-state index contributed by atoms with van der Waals surface area (Å²) < 4.78 is 0. The van der Waals surface area contributed by atoms with Gasteiger partial charge in [-0.3, -0.25) is 0 Å². The largest absolute Gasteiger partial charge is 0.237 e. The van der Waals surface area contributed by atoms with E-state index >= 15 is 0 Å². The number of aryl methyl sites for hydroxylation is 6. The normalized spacial score (nSPS) is 11.1. The molecule has 168 valence electrons. The number of benzene rings is 3. The minimum Gasteiger partial charge on any atom is -0.237 e. The Bertz CT molecular complexity index is 1070. The second-order valence-corrected chi connectivity index (χ2v) is 9.79. The van der Waals surface area contributed by atoms with Crippen molar-refractivity contribution in [1.82, 2.24) is 9.97 Å². The highest BCUT2D eigenvalue weighted by molar-refractivity contribution is 5.35. The van der Waals surface area contributed by atoms with E-state index in [1.807, 2.05) is 0 Å². The van der Waals surface area contributed by atoms with Crippen molar-refractivity contribution in [2.24, 2.45) is 0 Å². The van der Waals surface area contributed by atoms with E-state index in [4.69, 9.17) is 9.97 Å². The van der Waals surface area contributed by atoms with Gasteiger partial charge in [0.05, 0.1) is 0 Å². The average Bonchev–Trinajstić information content (AvgIpc) is 2.65. The molecule has 0 atom stereocenters. The van der Waals surface area contributed by atoms with Crippen LogP contribution in [0.3, 0.4) is 0 Å². The number of rotatable bonds is 6. The van der Waals surface area contributed by atoms with Crippen molar-refractivity contribution in [1.29, 1.82) is 0 Å². The lowest BCUT2D eigenvalue weighted by Crippen LogP contribution is -2.06. The van der Waals surface area contributed by atoms with Crippen LogP contribution in [0.25, 0.3) is 0 Å². The first-order valence-corrected chi connectivity index (χ1v) is 11.8. The molecule has 0 saturated heterocycles. The minimum atomic E-state index is 0.753. The van der Waals surface area contributed by atoms with E-state index in [0.717, 1.165) is 36.5 Å². The fraction of sp³-hybridized carbons (Fsp3) is 0.290. The van der Waals surface area contributed by atoms with Gasteiger partial charge in [0.15, 0.2) is 0 Å². The van der Waals surface area contributed by atoms with Crippen molar-refractivity contribution < 1.29 is 0 Å². The molecule has 0 unspecified atom stereocenters. The number of hydrogen-bond acceptors (Lipinski definition) is 2. The lowest BCUT2D eigenvalue weighted by atomic mass is 10.0. The molecule has 33 heavy (non-hydrogen) atoms. The maximum atomic E-state index is 5.01. The van der Waals surface area contributed by atoms with Crippen molar-refractivity contribution >= 4 is 0 Å². The van der Waals surface area contributed by atoms with Gasteiger partial charge in [-0.1, -0.05) is 88.0 Å². The Morgan fingerprint density at radius 2 is 0.697 bits per heavy atom. The second-order valence-electron chi connectivity index (χ2n) is 9.79. The summed E-state index contributed by atoms with van der Waals surface area (Å²) in [6.07, 6.45) is 2.40. The van der Waals surface area contributed by atoms with Crippen molar-refractivity contribution in [3.63, 3.8) is 0 Å². The molecule has 0 radical (unpaired) electrons. The molecule has 0 amide bonds. The monoisotopic (exact) mass is 434 g/mol. The Balaban J connectivity index is 1.71. The number of nitrogens with zero attached hydrogens (tertiary/aromatic N) is 2. The van der Waals surface area contributed by atoms with Gasteiger partial charge in [-0.05, 0) is 64.3 Å². The first-order chi connectivity index (χ1) is 15.7. The van der Waals surface area contributed by atoms with Crippen molar-refractivity contribution in [2.45, 2.75) is 60.8 Å². The van der Waals surface area contributed by atoms with Crippen LogP contribution in [0, 0.1) is 41.5 Å². The highest BCUT2D eigenvalue weighted by atomic mass is 14.9. The molecule has 0 spiro atoms. The molecular formula is C31H34N2. The summed E-state index contributed by atoms with van der Waals surface area (Å²) in [6.45, 7) is 12.9. The molecule has 0 bridgehead atoms. The molecule has 3 aromatic carbocycles. The van der Waals surface area contributed by atoms with Crippen LogP contribution in [0.5, 0.6) is 0 Å². The van der Waals surface area contributed by atoms with E-state index < -0.39 is 0 Å². The van der Waals surface area contributed by atoms with Crippen LogP contribution < -0.4 is 0 Å². The average molecular weight is 435 g/mol. The molecule has 0 aliphatic heterocycles. The van der Waals surface area contributed by atoms with Crippen LogP contribution in [0.15, 0.2) is 60.7 Å². The first kappa shape index (κ1) is 22.9. The van der Waals surface area contributed by atoms with Gasteiger partial charge in [-0.15, -0.1) is 0 Å². The predicted octanol–water partition coefficient (Wildman–Crippen LogP) is 7.10. The summed E-state index contributed by atoms with van der Waals surface area (Å²) in [7, 11) is 0. The van der Waals surface area contributed by atoms with E-state index in [2.05, 4.69) is 102 Å². The van der Waals surface area contributed by atoms with Crippen LogP contribution in [-0.2, 0) is 19.3 Å². The Morgan fingerprint density at radius 3 is 1.03 bits per heavy atom. The molecule has 4 aromatic rings. The quantitative estimate of drug-likeness (QED) is 0.323. The van der Waals surface area contributed by atoms with E-state index in [1.165, 1.54) is 50.1 Å². The Labute approximate surface area is 198 Å². The SMILES string of the molecule is Cc1cc(C)cc(Cc2cc(Cc3cc(C)cc(C)c3)nc(Cc3cc(C)cc(C)c3)n2)c1. The summed E-state index contributed by atoms with van der Waals surface area (Å²) in [5, 5.41) is 0. The van der Waals surface area contributed by atoms with Crippen LogP contribution in [-0.4, -0.2) is 9.97 Å². The minimum absolute atomic E-state index is 0.753. The number of hydrogen-bond donors (Lipinski definition) is 0. The van der Waals surface area contributed by atoms with Crippen molar-refractivity contribution in [2.75, 3.05) is 0 Å². The molecule has 0 aliphatic rings. The van der Waals surface area contributed by atoms with Crippen molar-refractivity contribution in [3.05, 3.63) is 128 Å². The highest BCUT2D eigenvalue weighted by Gasteiger charge is 2.10. The van der Waals surface area contributed by atoms with Gasteiger partial charge in [0, 0.05) is 30.7 Å². The van der Waals surface area contributed by atoms with Gasteiger partial charge in [0.1, 0.15) is 5.82 Å². The summed E-state index contributed by atoms with van der Waals surface area (Å²) in [4.78, 5) is 10.0. The van der Waals surface area contributed by atoms with Crippen LogP contribution >= 0.6 is 0 Å². The zero-order valence-corrected chi connectivity index (χ0v) is 20.8. The molecule has 0 fully saturated rings. The predicted molar refractivity (Wildman–Crippen MR) is 138 cm³/mol. The van der Waals surface area contributed by atoms with E-state index in [9.17, 15) is 0 Å². The highest BCUT2D eigenvalue weighted by Crippen LogP contribution is 2.19. The molecule has 4 rings (SSSR count). The summed E-state index contributed by atoms with van der Waals surface area (Å²) in [5.74, 6) is 0.904. The molecule has 1 heterocycles. The first-order valence-electron chi connectivity index (χ1n) is 11.8. The van der Waals surface area contributed by atoms with Gasteiger partial charge in [-0.25, -0.2) is 9.97 Å². The maximum absolute atomic E-state index is 5.01. The lowest BCUT2D eigenvalue weighted by molar-refractivity contribution is 0.876. The molecule has 2 nitrogen and oxygen atoms in total. The van der Waals surface area contributed by atoms with Gasteiger partial charge in [0.25, 0.3) is 0 Å². The summed E-state index contributed by atoms with van der Waals surface area (Å²) in [6, 6.07) is 22.4. The third-order valence-corrected chi connectivity index (χ3v) is 5.86. The van der Waals surface area contributed by atoms with Gasteiger partial charge in [0.2, 0.25) is 0 Å². The topological polar surface area (TPSA) is 25.8 Å². The lowest BCUT2D eigenvalue weighted by Gasteiger charge is -2.11. The Hall–Kier alpha value is -3.26. The van der Waals surface area contributed by atoms with Crippen LogP contribution in [0.2, 0.25) is 0 Å². The third-order valence-electron chi connectivity index (χ3n) is 5.86. The molecule has 0 N–H and O–H groups in total. The van der Waals surface area contributed by atoms with E-state index in [-0.39, 0.29) is 0 Å². The summed E-state index contributed by atoms with van der Waals surface area (Å²) >= 11 is 0. The van der Waals surface area contributed by atoms with Gasteiger partial charge in [-0.2, -0.15) is 0 Å². The van der Waals surface area contributed by atoms with Crippen LogP contribution in [0.1, 0.15) is 67.3 Å². The van der Waals surface area contributed by atoms with Gasteiger partial charge >= 0.3 is 0 Å². The maximum Gasteiger partial charge on any atom is 0.133 e. The zero-order chi connectivity index (χ0) is 23.5. The standard InChI is InChI=1S/C31H34N2/c1-20-7-21(2)11-26(10-20)16-29-19-30(17-27-12-22(3)8-23(4)13-27)33-31(32-29)18-28-14-24(5)9-25(6)15-28/h7-15,19H,16-18H2,1-6H3. The molecule has 0 saturated carbocycles. The fourth-order valence-corrected chi connectivity index (χ4v) is 4.99. The number of aromatic nitrogens is 2.